The summed E-state index contributed by atoms with van der Waals surface area (Å²) in [6, 6.07) is 0. The summed E-state index contributed by atoms with van der Waals surface area (Å²) in [7, 11) is -5.00. The van der Waals surface area contributed by atoms with Crippen LogP contribution in [-0.2, 0) is 23.6 Å². The number of aromatic nitrogens is 4. The maximum atomic E-state index is 11.8. The molecule has 0 aromatic carbocycles. The highest BCUT2D eigenvalue weighted by atomic mass is 31.2. The van der Waals surface area contributed by atoms with Crippen molar-refractivity contribution in [2.45, 2.75) is 44.2 Å². The Kier molecular flexibility index (Phi) is 6.38. The van der Waals surface area contributed by atoms with E-state index < -0.39 is 50.6 Å². The molecule has 0 saturated carbocycles. The lowest BCUT2D eigenvalue weighted by Gasteiger charge is -2.20. The van der Waals surface area contributed by atoms with Crippen LogP contribution < -0.4 is 5.73 Å². The molecule has 3 heterocycles. The van der Waals surface area contributed by atoms with Crippen LogP contribution in [0.2, 0.25) is 0 Å². The zero-order valence-corrected chi connectivity index (χ0v) is 16.9. The van der Waals surface area contributed by atoms with Gasteiger partial charge in [0, 0.05) is 0 Å². The zero-order chi connectivity index (χ0) is 22.2. The molecule has 1 aliphatic rings. The Morgan fingerprint density at radius 2 is 2.07 bits per heavy atom. The Hall–Kier alpha value is -2.19. The molecule has 1 saturated heterocycles. The van der Waals surface area contributed by atoms with Crippen molar-refractivity contribution < 1.29 is 43.6 Å². The van der Waals surface area contributed by atoms with E-state index in [1.807, 2.05) is 0 Å². The number of nitrogens with two attached hydrogens (primary N) is 1. The number of hydrogen-bond acceptors (Lipinski definition) is 11. The van der Waals surface area contributed by atoms with Gasteiger partial charge >= 0.3 is 13.6 Å². The summed E-state index contributed by atoms with van der Waals surface area (Å²) in [5.74, 6) is -2.95. The minimum absolute atomic E-state index is 0.111. The first kappa shape index (κ1) is 22.5. The van der Waals surface area contributed by atoms with Gasteiger partial charge in [-0.25, -0.2) is 19.7 Å². The number of rotatable bonds is 7. The van der Waals surface area contributed by atoms with Crippen LogP contribution in [0.5, 0.6) is 0 Å². The summed E-state index contributed by atoms with van der Waals surface area (Å²) < 4.78 is 28.1. The molecule has 2 aromatic rings. The highest BCUT2D eigenvalue weighted by Gasteiger charge is 2.46. The normalized spacial score (nSPS) is 25.5. The fourth-order valence-corrected chi connectivity index (χ4v) is 3.67. The number of anilines is 1. The molecule has 0 aliphatic carbocycles. The molecule has 5 atom stereocenters. The third-order valence-electron chi connectivity index (χ3n) is 4.38. The molecule has 3 rings (SSSR count). The van der Waals surface area contributed by atoms with Crippen molar-refractivity contribution in [2.75, 3.05) is 18.9 Å². The molecule has 0 bridgehead atoms. The lowest BCUT2D eigenvalue weighted by Crippen LogP contribution is -2.36. The van der Waals surface area contributed by atoms with Crippen molar-refractivity contribution >= 4 is 30.5 Å². The van der Waals surface area contributed by atoms with Gasteiger partial charge in [0.05, 0.1) is 19.5 Å². The van der Waals surface area contributed by atoms with E-state index in [9.17, 15) is 29.4 Å². The molecule has 2 aromatic heterocycles. The summed E-state index contributed by atoms with van der Waals surface area (Å²) in [6.45, 7) is 2.36. The summed E-state index contributed by atoms with van der Waals surface area (Å²) in [4.78, 5) is 42.7. The maximum Gasteiger partial charge on any atom is 0.365 e. The van der Waals surface area contributed by atoms with Crippen molar-refractivity contribution in [3.05, 3.63) is 12.2 Å². The van der Waals surface area contributed by atoms with E-state index in [1.165, 1.54) is 17.8 Å². The first-order chi connectivity index (χ1) is 14.0. The molecular formula is C15H22N5O9P. The van der Waals surface area contributed by atoms with Gasteiger partial charge in [-0.2, -0.15) is 0 Å². The summed E-state index contributed by atoms with van der Waals surface area (Å²) in [5, 5.41) is 20.7. The molecule has 15 heteroatoms. The number of fused-ring (bicyclic) bond motifs is 1. The smallest absolute Gasteiger partial charge is 0.365 e. The average Bonchev–Trinajstić information content (AvgIpc) is 3.17. The second-order valence-electron chi connectivity index (χ2n) is 6.55. The number of carbonyl (C=O) groups excluding carboxylic acids is 1. The number of nitrogens with zero attached hydrogens (tertiary/aromatic N) is 4. The second-order valence-corrected chi connectivity index (χ2v) is 8.20. The highest BCUT2D eigenvalue weighted by molar-refractivity contribution is 7.53. The zero-order valence-electron chi connectivity index (χ0n) is 16.0. The van der Waals surface area contributed by atoms with Crippen LogP contribution in [0.25, 0.3) is 11.2 Å². The molecule has 4 unspecified atom stereocenters. The third kappa shape index (κ3) is 4.30. The number of aryl methyl sites for hydroxylation is 1. The van der Waals surface area contributed by atoms with Gasteiger partial charge in [0.1, 0.15) is 29.7 Å². The predicted molar refractivity (Wildman–Crippen MR) is 98.8 cm³/mol. The minimum Gasteiger partial charge on any atom is -0.464 e. The number of aliphatic hydroxyl groups excluding tert-OH is 2. The van der Waals surface area contributed by atoms with E-state index >= 15 is 0 Å². The highest BCUT2D eigenvalue weighted by Crippen LogP contribution is 2.43. The van der Waals surface area contributed by atoms with Crippen molar-refractivity contribution in [1.29, 1.82) is 0 Å². The summed E-state index contributed by atoms with van der Waals surface area (Å²) in [5.41, 5.74) is 6.35. The van der Waals surface area contributed by atoms with Crippen LogP contribution in [-0.4, -0.2) is 82.9 Å². The van der Waals surface area contributed by atoms with Crippen molar-refractivity contribution in [3.63, 3.8) is 0 Å². The van der Waals surface area contributed by atoms with Gasteiger partial charge in [0.2, 0.25) is 0 Å². The minimum atomic E-state index is -5.00. The number of hydrogen-bond donors (Lipinski definition) is 5. The Balaban J connectivity index is 1.79. The number of carbonyl (C=O) groups is 1. The van der Waals surface area contributed by atoms with Crippen LogP contribution in [0, 0.1) is 6.92 Å². The van der Waals surface area contributed by atoms with Crippen LogP contribution >= 0.6 is 7.60 Å². The first-order valence-electron chi connectivity index (χ1n) is 8.86. The van der Waals surface area contributed by atoms with Gasteiger partial charge in [-0.1, -0.05) is 0 Å². The van der Waals surface area contributed by atoms with Gasteiger partial charge in [-0.05, 0) is 13.8 Å². The second kappa shape index (κ2) is 8.51. The maximum absolute atomic E-state index is 11.8. The van der Waals surface area contributed by atoms with E-state index in [2.05, 4.69) is 19.7 Å². The van der Waals surface area contributed by atoms with Crippen LogP contribution in [0.3, 0.4) is 0 Å². The number of ether oxygens (including phenoxy) is 3. The molecule has 0 radical (unpaired) electrons. The standard InChI is InChI=1S/C15H22N5O9P/c1-3-27-14(23)15(30(24,25)26)28-4-7-9(21)10(22)13(29-7)20-5-17-8-11(16)18-6(2)19-12(8)20/h5,7,9-10,13,15,21-22H,3-4H2,1-2H3,(H2,16,18,19)(H2,24,25,26)/t7?,9?,10?,13?,15-/m1/s1. The van der Waals surface area contributed by atoms with E-state index in [4.69, 9.17) is 15.2 Å². The van der Waals surface area contributed by atoms with E-state index in [-0.39, 0.29) is 23.6 Å². The number of esters is 1. The molecule has 30 heavy (non-hydrogen) atoms. The molecule has 166 valence electrons. The molecule has 6 N–H and O–H groups in total. The number of imidazole rings is 1. The largest absolute Gasteiger partial charge is 0.464 e. The summed E-state index contributed by atoms with van der Waals surface area (Å²) >= 11 is 0. The number of aliphatic hydroxyl groups is 2. The SMILES string of the molecule is CCOC(=O)[C@H](OCC1OC(n2cnc3c(N)nc(C)nc32)C(O)C1O)P(=O)(O)O. The van der Waals surface area contributed by atoms with Crippen molar-refractivity contribution in [2.24, 2.45) is 0 Å². The van der Waals surface area contributed by atoms with Gasteiger partial charge in [-0.3, -0.25) is 9.13 Å². The Labute approximate surface area is 169 Å². The molecule has 14 nitrogen and oxygen atoms in total. The fourth-order valence-electron chi connectivity index (χ4n) is 3.04. The van der Waals surface area contributed by atoms with Gasteiger partial charge in [0.25, 0.3) is 5.85 Å². The van der Waals surface area contributed by atoms with Crippen LogP contribution in [0.15, 0.2) is 6.33 Å². The Bertz CT molecular complexity index is 979. The van der Waals surface area contributed by atoms with Gasteiger partial charge < -0.3 is 39.9 Å². The molecule has 0 amide bonds. The predicted octanol–water partition coefficient (Wildman–Crippen LogP) is -1.58. The Morgan fingerprint density at radius 1 is 1.37 bits per heavy atom. The van der Waals surface area contributed by atoms with Gasteiger partial charge in [0.15, 0.2) is 17.7 Å². The van der Waals surface area contributed by atoms with Crippen LogP contribution in [0.1, 0.15) is 19.0 Å². The van der Waals surface area contributed by atoms with E-state index in [0.29, 0.717) is 5.82 Å². The third-order valence-corrected chi connectivity index (χ3v) is 5.35. The van der Waals surface area contributed by atoms with Gasteiger partial charge in [-0.15, -0.1) is 0 Å². The topological polar surface area (TPSA) is 212 Å². The lowest BCUT2D eigenvalue weighted by molar-refractivity contribution is -0.155. The van der Waals surface area contributed by atoms with Crippen molar-refractivity contribution in [3.8, 4) is 0 Å². The number of nitrogen functional groups attached to an aromatic ring is 1. The fraction of sp³-hybridized carbons (Fsp3) is 0.600. The quantitative estimate of drug-likeness (QED) is 0.240. The summed E-state index contributed by atoms with van der Waals surface area (Å²) in [6.07, 6.45) is -4.01. The Morgan fingerprint density at radius 3 is 2.70 bits per heavy atom. The van der Waals surface area contributed by atoms with E-state index in [0.717, 1.165) is 0 Å². The molecule has 0 spiro atoms. The molecule has 1 fully saturated rings. The van der Waals surface area contributed by atoms with Crippen molar-refractivity contribution in [1.82, 2.24) is 19.5 Å². The monoisotopic (exact) mass is 447 g/mol. The first-order valence-corrected chi connectivity index (χ1v) is 10.5. The molecule has 1 aliphatic heterocycles. The lowest BCUT2D eigenvalue weighted by atomic mass is 10.1. The molecular weight excluding hydrogens is 425 g/mol. The van der Waals surface area contributed by atoms with E-state index in [1.54, 1.807) is 6.92 Å². The van der Waals surface area contributed by atoms with Crippen LogP contribution in [0.4, 0.5) is 5.82 Å². The average molecular weight is 447 g/mol.